The summed E-state index contributed by atoms with van der Waals surface area (Å²) in [4.78, 5) is 27.2. The van der Waals surface area contributed by atoms with Crippen molar-refractivity contribution < 1.29 is 220 Å². The Morgan fingerprint density at radius 1 is 0.760 bits per heavy atom. The summed E-state index contributed by atoms with van der Waals surface area (Å²) in [5.41, 5.74) is 2.68. The molecule has 4 radical (unpaired) electrons. The maximum atomic E-state index is 12.2. The Morgan fingerprint density at radius 3 is 1.80 bits per heavy atom. The minimum absolute atomic E-state index is 0. The van der Waals surface area contributed by atoms with Crippen LogP contribution in [0.3, 0.4) is 0 Å². The number of rotatable bonds is 10. The van der Waals surface area contributed by atoms with Gasteiger partial charge in [-0.25, -0.2) is 9.59 Å². The van der Waals surface area contributed by atoms with Gasteiger partial charge in [0.1, 0.15) is 30.8 Å². The van der Waals surface area contributed by atoms with Crippen molar-refractivity contribution in [3.8, 4) is 12.1 Å². The van der Waals surface area contributed by atoms with Crippen molar-refractivity contribution in [3.63, 3.8) is 0 Å². The van der Waals surface area contributed by atoms with Crippen LogP contribution >= 0.6 is 0 Å². The molecule has 0 aromatic heterocycles. The van der Waals surface area contributed by atoms with Crippen LogP contribution in [0.25, 0.3) is 0 Å². The van der Waals surface area contributed by atoms with Gasteiger partial charge in [0.2, 0.25) is 6.23 Å². The van der Waals surface area contributed by atoms with Crippen molar-refractivity contribution in [2.24, 2.45) is 0 Å². The van der Waals surface area contributed by atoms with Gasteiger partial charge in [-0.3, -0.25) is 15.1 Å². The number of amides is 4. The molecule has 260 valence electrons. The molecule has 0 aliphatic carbocycles. The predicted octanol–water partition coefficient (Wildman–Crippen LogP) is 0.169. The fourth-order valence-corrected chi connectivity index (χ4v) is 5.89. The maximum Gasteiger partial charge on any atom is 0.326 e. The molecule has 16 nitrogen and oxygen atoms in total. The van der Waals surface area contributed by atoms with Gasteiger partial charge in [-0.1, -0.05) is 0 Å². The Hall–Kier alpha value is 1.61. The number of unbranched alkanes of at least 4 members (excludes halogenated alkanes) is 2. The average Bonchev–Trinajstić information content (AvgIpc) is 3.81. The number of carbonyl (C=O) groups is 2. The van der Waals surface area contributed by atoms with Crippen molar-refractivity contribution >= 4 is 12.1 Å². The molecule has 6 rings (SSSR count). The van der Waals surface area contributed by atoms with Crippen molar-refractivity contribution in [2.75, 3.05) is 13.2 Å². The Morgan fingerprint density at radius 2 is 1.28 bits per heavy atom. The van der Waals surface area contributed by atoms with Gasteiger partial charge in [0.15, 0.2) is 0 Å². The fraction of sp³-hybridized carbons (Fsp3) is 0.600. The van der Waals surface area contributed by atoms with Gasteiger partial charge in [0.05, 0.1) is 43.3 Å². The van der Waals surface area contributed by atoms with E-state index >= 15 is 0 Å². The summed E-state index contributed by atoms with van der Waals surface area (Å²) in [7, 11) is 0. The number of carbonyl (C=O) groups excluding carboxylic acids is 2. The van der Waals surface area contributed by atoms with Gasteiger partial charge in [0.25, 0.3) is 0 Å². The van der Waals surface area contributed by atoms with Crippen LogP contribution < -0.4 is 16.0 Å². The minimum atomic E-state index is -0.800. The molecule has 0 bridgehead atoms. The summed E-state index contributed by atoms with van der Waals surface area (Å²) in [5.74, 6) is 0.735. The van der Waals surface area contributed by atoms with E-state index in [4.69, 9.17) is 34.9 Å². The summed E-state index contributed by atoms with van der Waals surface area (Å²) in [5, 5.41) is 63.8. The standard InChI is InChI=1S/C15H20N4O4.C15H19N3O5.4Ac/c16-4-2-1-3-10-5-9-7-19(15(22)18-14(9)17-10)13-6-11(21)12(8-20)23-13;16-4-2-1-3-10-5-9-7-18(15(21)17-14(9)22-10)13-6-11(20)12(8-19)23-13;;;;/h5,7,11-14,17,20-21H,1-3,6,8H2,(H,18,22);5,7,11-14,19-20H,1-3,6,8H2,(H,17,21);;;;. The molecule has 6 aliphatic rings. The summed E-state index contributed by atoms with van der Waals surface area (Å²) < 4.78 is 16.7. The van der Waals surface area contributed by atoms with Crippen LogP contribution in [-0.4, -0.2) is 105 Å². The third-order valence-electron chi connectivity index (χ3n) is 8.31. The van der Waals surface area contributed by atoms with Crippen molar-refractivity contribution in [1.29, 1.82) is 10.5 Å². The number of nitrogens with zero attached hydrogens (tertiary/aromatic N) is 4. The molecular formula is C30H39Ac4N7O9. The van der Waals surface area contributed by atoms with Crippen LogP contribution in [0.4, 0.5) is 9.59 Å². The Kier molecular flexibility index (Phi) is 24.1. The zero-order valence-corrected chi connectivity index (χ0v) is 46.4. The first-order chi connectivity index (χ1) is 22.2. The third-order valence-corrected chi connectivity index (χ3v) is 8.31. The first-order valence-corrected chi connectivity index (χ1v) is 15.3. The number of hydrogen-bond acceptors (Lipinski definition) is 12. The smallest absolute Gasteiger partial charge is 0.326 e. The molecule has 2 saturated heterocycles. The first kappa shape index (κ1) is 49.6. The molecule has 20 heteroatoms. The second-order valence-electron chi connectivity index (χ2n) is 11.6. The number of nitriles is 2. The summed E-state index contributed by atoms with van der Waals surface area (Å²) in [6.45, 7) is -0.574. The Balaban J connectivity index is 0.000000463. The number of nitrogens with one attached hydrogen (secondary N) is 3. The zero-order chi connectivity index (χ0) is 32.8. The number of allylic oxidation sites excluding steroid dienone is 2. The fourth-order valence-electron chi connectivity index (χ4n) is 5.89. The third kappa shape index (κ3) is 12.8. The molecule has 0 saturated carbocycles. The normalized spacial score (nSPS) is 30.0. The van der Waals surface area contributed by atoms with E-state index in [-0.39, 0.29) is 221 Å². The summed E-state index contributed by atoms with van der Waals surface area (Å²) in [6, 6.07) is 3.51. The van der Waals surface area contributed by atoms with E-state index in [2.05, 4.69) is 28.1 Å². The van der Waals surface area contributed by atoms with Gasteiger partial charge in [-0.15, -0.1) is 0 Å². The van der Waals surface area contributed by atoms with Crippen LogP contribution in [0.2, 0.25) is 0 Å². The van der Waals surface area contributed by atoms with E-state index in [0.29, 0.717) is 25.7 Å². The Labute approximate surface area is 434 Å². The van der Waals surface area contributed by atoms with Crippen LogP contribution in [0.15, 0.2) is 47.2 Å². The number of urea groups is 2. The quantitative estimate of drug-likeness (QED) is 0.145. The van der Waals surface area contributed by atoms with E-state index in [1.165, 1.54) is 9.80 Å². The molecule has 6 aliphatic heterocycles. The number of ether oxygens (including phenoxy) is 3. The van der Waals surface area contributed by atoms with Crippen molar-refractivity contribution in [1.82, 2.24) is 25.8 Å². The molecule has 50 heavy (non-hydrogen) atoms. The molecule has 4 amide bonds. The van der Waals surface area contributed by atoms with Crippen LogP contribution in [0.1, 0.15) is 51.4 Å². The zero-order valence-electron chi connectivity index (χ0n) is 27.4. The SMILES string of the molecule is N#CCCCC1=CC2=CN(C3CC(O)C(CO)O3)C(=O)NC2N1.N#CCCCC1=CC2=CN(C3CC(O)C(CO)O3)C(=O)NC2O1.[Ac].[Ac].[Ac].[Ac]. The molecule has 8 atom stereocenters. The first-order valence-electron chi connectivity index (χ1n) is 15.3. The molecule has 0 aromatic carbocycles. The van der Waals surface area contributed by atoms with Crippen LogP contribution in [0, 0.1) is 199 Å². The molecule has 8 unspecified atom stereocenters. The second-order valence-corrected chi connectivity index (χ2v) is 11.6. The van der Waals surface area contributed by atoms with E-state index in [9.17, 15) is 19.8 Å². The molecular weight excluding hydrogens is 1510 g/mol. The van der Waals surface area contributed by atoms with E-state index < -0.39 is 43.1 Å². The molecule has 0 spiro atoms. The van der Waals surface area contributed by atoms with Crippen LogP contribution in [0.5, 0.6) is 0 Å². The number of hydrogen-bond donors (Lipinski definition) is 7. The molecule has 7 N–H and O–H groups in total. The average molecular weight is 1550 g/mol. The number of aliphatic hydroxyl groups is 4. The second kappa shape index (κ2) is 24.3. The molecule has 2 fully saturated rings. The topological polar surface area (TPSA) is 233 Å². The largest absolute Gasteiger partial charge is 0.471 e. The van der Waals surface area contributed by atoms with Gasteiger partial charge in [-0.2, -0.15) is 10.5 Å². The minimum Gasteiger partial charge on any atom is -0.471 e. The monoisotopic (exact) mass is 1550 g/mol. The maximum absolute atomic E-state index is 12.2. The van der Waals surface area contributed by atoms with Crippen LogP contribution in [-0.2, 0) is 14.2 Å². The number of aliphatic hydroxyl groups excluding tert-OH is 4. The van der Waals surface area contributed by atoms with Crippen molar-refractivity contribution in [3.05, 3.63) is 47.2 Å². The molecule has 0 aromatic rings. The van der Waals surface area contributed by atoms with Gasteiger partial charge < -0.3 is 45.3 Å². The summed E-state index contributed by atoms with van der Waals surface area (Å²) in [6.07, 6.45) is 6.58. The number of fused-ring (bicyclic) bond motifs is 2. The van der Waals surface area contributed by atoms with E-state index in [1.54, 1.807) is 12.4 Å². The Bertz CT molecular complexity index is 1290. The van der Waals surface area contributed by atoms with E-state index in [0.717, 1.165) is 35.4 Å². The van der Waals surface area contributed by atoms with Gasteiger partial charge in [0, 0.05) is 238 Å². The van der Waals surface area contributed by atoms with Gasteiger partial charge in [-0.05, 0) is 31.4 Å². The van der Waals surface area contributed by atoms with E-state index in [1.807, 2.05) is 12.2 Å². The predicted molar refractivity (Wildman–Crippen MR) is 157 cm³/mol. The van der Waals surface area contributed by atoms with Gasteiger partial charge >= 0.3 is 12.1 Å². The molecule has 6 heterocycles. The summed E-state index contributed by atoms with van der Waals surface area (Å²) >= 11 is 0. The van der Waals surface area contributed by atoms with Crippen molar-refractivity contribution in [2.45, 2.75) is 101 Å².